The summed E-state index contributed by atoms with van der Waals surface area (Å²) in [7, 11) is -3.12. The first-order valence-corrected chi connectivity index (χ1v) is 10.3. The Balaban J connectivity index is 1.62. The van der Waals surface area contributed by atoms with Gasteiger partial charge in [0.2, 0.25) is 5.91 Å². The normalized spacial score (nSPS) is 23.7. The van der Waals surface area contributed by atoms with Gasteiger partial charge in [0, 0.05) is 32.4 Å². The summed E-state index contributed by atoms with van der Waals surface area (Å²) in [5.41, 5.74) is -0.796. The predicted octanol–water partition coefficient (Wildman–Crippen LogP) is 1.57. The van der Waals surface area contributed by atoms with Crippen LogP contribution in [0.25, 0.3) is 0 Å². The molecule has 1 amide bonds. The van der Waals surface area contributed by atoms with E-state index in [0.717, 1.165) is 12.3 Å². The lowest BCUT2D eigenvalue weighted by Crippen LogP contribution is -2.39. The lowest BCUT2D eigenvalue weighted by atomic mass is 10.1. The first-order chi connectivity index (χ1) is 12.2. The lowest BCUT2D eigenvalue weighted by Gasteiger charge is -2.24. The van der Waals surface area contributed by atoms with Crippen LogP contribution in [0.15, 0.2) is 18.3 Å². The summed E-state index contributed by atoms with van der Waals surface area (Å²) in [6.07, 6.45) is -2.60. The maximum absolute atomic E-state index is 12.6. The molecule has 0 radical (unpaired) electrons. The van der Waals surface area contributed by atoms with Crippen molar-refractivity contribution < 1.29 is 26.4 Å². The van der Waals surface area contributed by atoms with Crippen LogP contribution in [0, 0.1) is 5.92 Å². The molecule has 2 aliphatic rings. The summed E-state index contributed by atoms with van der Waals surface area (Å²) < 4.78 is 61.0. The number of nitrogens with zero attached hydrogens (tertiary/aromatic N) is 3. The third-order valence-electron chi connectivity index (χ3n) is 4.79. The van der Waals surface area contributed by atoms with Crippen molar-refractivity contribution in [2.45, 2.75) is 19.0 Å². The highest BCUT2D eigenvalue weighted by molar-refractivity contribution is 7.91. The van der Waals surface area contributed by atoms with Gasteiger partial charge in [0.1, 0.15) is 5.82 Å². The summed E-state index contributed by atoms with van der Waals surface area (Å²) in [6, 6.07) is 2.34. The number of sulfone groups is 1. The molecule has 1 aromatic heterocycles. The molecule has 1 atom stereocenters. The maximum atomic E-state index is 12.6. The van der Waals surface area contributed by atoms with Crippen molar-refractivity contribution in [3.05, 3.63) is 23.9 Å². The van der Waals surface area contributed by atoms with Gasteiger partial charge in [-0.05, 0) is 25.0 Å². The Morgan fingerprint density at radius 2 is 1.92 bits per heavy atom. The van der Waals surface area contributed by atoms with Crippen LogP contribution in [-0.4, -0.2) is 61.9 Å². The molecule has 6 nitrogen and oxygen atoms in total. The molecule has 144 valence electrons. The van der Waals surface area contributed by atoms with Gasteiger partial charge in [0.15, 0.2) is 9.84 Å². The Bertz CT molecular complexity index is 765. The molecule has 0 saturated carbocycles. The molecule has 0 aromatic carbocycles. The Morgan fingerprint density at radius 1 is 1.15 bits per heavy atom. The first kappa shape index (κ1) is 18.9. The lowest BCUT2D eigenvalue weighted by molar-refractivity contribution is -0.138. The molecule has 1 aromatic rings. The minimum absolute atomic E-state index is 0.0544. The first-order valence-electron chi connectivity index (χ1n) is 8.43. The monoisotopic (exact) mass is 391 g/mol. The molecule has 2 saturated heterocycles. The second-order valence-electron chi connectivity index (χ2n) is 6.67. The van der Waals surface area contributed by atoms with E-state index in [-0.39, 0.29) is 17.4 Å². The minimum atomic E-state index is -4.42. The molecule has 3 rings (SSSR count). The number of hydrogen-bond acceptors (Lipinski definition) is 5. The highest BCUT2D eigenvalue weighted by Gasteiger charge is 2.36. The number of aromatic nitrogens is 1. The quantitative estimate of drug-likeness (QED) is 0.766. The molecule has 1 unspecified atom stereocenters. The van der Waals surface area contributed by atoms with Crippen molar-refractivity contribution in [1.82, 2.24) is 9.88 Å². The van der Waals surface area contributed by atoms with Crippen molar-refractivity contribution in [2.24, 2.45) is 5.92 Å². The Morgan fingerprint density at radius 3 is 2.50 bits per heavy atom. The van der Waals surface area contributed by atoms with Crippen LogP contribution in [0.2, 0.25) is 0 Å². The van der Waals surface area contributed by atoms with Crippen LogP contribution in [0.1, 0.15) is 18.4 Å². The van der Waals surface area contributed by atoms with E-state index >= 15 is 0 Å². The van der Waals surface area contributed by atoms with Gasteiger partial charge >= 0.3 is 6.18 Å². The van der Waals surface area contributed by atoms with E-state index in [4.69, 9.17) is 0 Å². The number of halogens is 3. The summed E-state index contributed by atoms with van der Waals surface area (Å²) in [4.78, 5) is 19.9. The fourth-order valence-corrected chi connectivity index (χ4v) is 5.09. The zero-order chi connectivity index (χ0) is 18.9. The average Bonchev–Trinajstić information content (AvgIpc) is 2.80. The minimum Gasteiger partial charge on any atom is -0.355 e. The summed E-state index contributed by atoms with van der Waals surface area (Å²) in [5, 5.41) is 0. The summed E-state index contributed by atoms with van der Waals surface area (Å²) in [5.74, 6) is -0.217. The Labute approximate surface area is 149 Å². The van der Waals surface area contributed by atoms with Gasteiger partial charge < -0.3 is 9.80 Å². The molecule has 0 aliphatic carbocycles. The van der Waals surface area contributed by atoms with Gasteiger partial charge in [-0.2, -0.15) is 13.2 Å². The number of anilines is 1. The van der Waals surface area contributed by atoms with Gasteiger partial charge in [0.05, 0.1) is 23.0 Å². The molecule has 0 N–H and O–H groups in total. The smallest absolute Gasteiger partial charge is 0.355 e. The van der Waals surface area contributed by atoms with E-state index < -0.39 is 27.5 Å². The van der Waals surface area contributed by atoms with Crippen LogP contribution in [0.4, 0.5) is 19.0 Å². The van der Waals surface area contributed by atoms with Crippen molar-refractivity contribution in [1.29, 1.82) is 0 Å². The number of alkyl halides is 3. The SMILES string of the molecule is O=C(C1CCS(=O)(=O)C1)N1CCCN(c2ccc(C(F)(F)F)cn2)CC1. The Hall–Kier alpha value is -1.84. The maximum Gasteiger partial charge on any atom is 0.417 e. The van der Waals surface area contributed by atoms with Crippen molar-refractivity contribution >= 4 is 21.6 Å². The molecule has 10 heteroatoms. The van der Waals surface area contributed by atoms with Gasteiger partial charge in [-0.1, -0.05) is 0 Å². The van der Waals surface area contributed by atoms with Crippen molar-refractivity contribution in [2.75, 3.05) is 42.6 Å². The molecular weight excluding hydrogens is 371 g/mol. The van der Waals surface area contributed by atoms with E-state index in [0.29, 0.717) is 44.8 Å². The number of carbonyl (C=O) groups is 1. The summed E-state index contributed by atoms with van der Waals surface area (Å²) in [6.45, 7) is 1.93. The van der Waals surface area contributed by atoms with Crippen LogP contribution in [0.3, 0.4) is 0 Å². The van der Waals surface area contributed by atoms with E-state index in [9.17, 15) is 26.4 Å². The zero-order valence-electron chi connectivity index (χ0n) is 14.1. The van der Waals surface area contributed by atoms with Gasteiger partial charge in [-0.25, -0.2) is 13.4 Å². The van der Waals surface area contributed by atoms with Crippen molar-refractivity contribution in [3.8, 4) is 0 Å². The van der Waals surface area contributed by atoms with E-state index in [1.165, 1.54) is 6.07 Å². The van der Waals surface area contributed by atoms with E-state index in [1.807, 2.05) is 4.90 Å². The standard InChI is InChI=1S/C16H20F3N3O3S/c17-16(18,19)13-2-3-14(20-10-13)21-5-1-6-22(8-7-21)15(23)12-4-9-26(24,25)11-12/h2-3,10,12H,1,4-9,11H2. The average molecular weight is 391 g/mol. The topological polar surface area (TPSA) is 70.6 Å². The largest absolute Gasteiger partial charge is 0.417 e. The van der Waals surface area contributed by atoms with Gasteiger partial charge in [0.25, 0.3) is 0 Å². The van der Waals surface area contributed by atoms with E-state index in [1.54, 1.807) is 4.90 Å². The molecule has 2 fully saturated rings. The molecule has 0 bridgehead atoms. The predicted molar refractivity (Wildman–Crippen MR) is 89.4 cm³/mol. The Kier molecular flexibility index (Phi) is 5.14. The number of rotatable bonds is 2. The number of pyridine rings is 1. The van der Waals surface area contributed by atoms with Crippen LogP contribution in [-0.2, 0) is 20.8 Å². The number of amides is 1. The summed E-state index contributed by atoms with van der Waals surface area (Å²) >= 11 is 0. The fraction of sp³-hybridized carbons (Fsp3) is 0.625. The van der Waals surface area contributed by atoms with Crippen LogP contribution < -0.4 is 4.90 Å². The second-order valence-corrected chi connectivity index (χ2v) is 8.90. The molecule has 3 heterocycles. The zero-order valence-corrected chi connectivity index (χ0v) is 14.9. The van der Waals surface area contributed by atoms with Crippen molar-refractivity contribution in [3.63, 3.8) is 0 Å². The highest BCUT2D eigenvalue weighted by Crippen LogP contribution is 2.29. The van der Waals surface area contributed by atoms with Gasteiger partial charge in [-0.3, -0.25) is 4.79 Å². The molecule has 2 aliphatic heterocycles. The highest BCUT2D eigenvalue weighted by atomic mass is 32.2. The molecule has 26 heavy (non-hydrogen) atoms. The second kappa shape index (κ2) is 7.05. The molecule has 0 spiro atoms. The van der Waals surface area contributed by atoms with Crippen LogP contribution in [0.5, 0.6) is 0 Å². The third-order valence-corrected chi connectivity index (χ3v) is 6.56. The van der Waals surface area contributed by atoms with Crippen LogP contribution >= 0.6 is 0 Å². The third kappa shape index (κ3) is 4.28. The van der Waals surface area contributed by atoms with E-state index in [2.05, 4.69) is 4.98 Å². The van der Waals surface area contributed by atoms with Gasteiger partial charge in [-0.15, -0.1) is 0 Å². The fourth-order valence-electron chi connectivity index (χ4n) is 3.36. The number of carbonyl (C=O) groups excluding carboxylic acids is 1. The molecular formula is C16H20F3N3O3S. The number of hydrogen-bond donors (Lipinski definition) is 0.